The van der Waals surface area contributed by atoms with Gasteiger partial charge >= 0.3 is 0 Å². The van der Waals surface area contributed by atoms with Gasteiger partial charge in [-0.25, -0.2) is 9.97 Å². The van der Waals surface area contributed by atoms with Crippen molar-refractivity contribution >= 4 is 11.7 Å². The Bertz CT molecular complexity index is 762. The van der Waals surface area contributed by atoms with E-state index in [0.717, 1.165) is 5.69 Å². The molecule has 0 aliphatic heterocycles. The zero-order chi connectivity index (χ0) is 14.8. The monoisotopic (exact) mass is 283 g/mol. The molecule has 0 fully saturated rings. The first-order valence-electron chi connectivity index (χ1n) is 6.36. The molecule has 106 valence electrons. The van der Waals surface area contributed by atoms with Crippen LogP contribution in [-0.2, 0) is 0 Å². The summed E-state index contributed by atoms with van der Waals surface area (Å²) in [5.41, 5.74) is 1.02. The first-order chi connectivity index (χ1) is 10.2. The summed E-state index contributed by atoms with van der Waals surface area (Å²) in [5.74, 6) is 1.01. The summed E-state index contributed by atoms with van der Waals surface area (Å²) in [6.45, 7) is 1.87. The van der Waals surface area contributed by atoms with Gasteiger partial charge < -0.3 is 8.83 Å². The van der Waals surface area contributed by atoms with E-state index in [0.29, 0.717) is 17.3 Å². The number of pyridine rings is 1. The van der Waals surface area contributed by atoms with Crippen molar-refractivity contribution in [3.63, 3.8) is 0 Å². The van der Waals surface area contributed by atoms with Crippen molar-refractivity contribution in [2.45, 2.75) is 6.92 Å². The lowest BCUT2D eigenvalue weighted by Crippen LogP contribution is -2.28. The highest BCUT2D eigenvalue weighted by Crippen LogP contribution is 2.25. The van der Waals surface area contributed by atoms with Crippen molar-refractivity contribution in [3.8, 4) is 11.5 Å². The number of amides is 1. The molecule has 3 aromatic rings. The maximum absolute atomic E-state index is 12.6. The van der Waals surface area contributed by atoms with Gasteiger partial charge in [-0.15, -0.1) is 0 Å². The van der Waals surface area contributed by atoms with Gasteiger partial charge in [0.25, 0.3) is 5.91 Å². The predicted molar refractivity (Wildman–Crippen MR) is 75.9 cm³/mol. The molecule has 0 unspecified atom stereocenters. The van der Waals surface area contributed by atoms with Crippen molar-refractivity contribution in [1.29, 1.82) is 0 Å². The number of rotatable bonds is 3. The van der Waals surface area contributed by atoms with Gasteiger partial charge in [-0.05, 0) is 31.2 Å². The highest BCUT2D eigenvalue weighted by atomic mass is 16.4. The number of carbonyl (C=O) groups is 1. The molecule has 6 nitrogen and oxygen atoms in total. The summed E-state index contributed by atoms with van der Waals surface area (Å²) in [6.07, 6.45) is 2.74. The zero-order valence-electron chi connectivity index (χ0n) is 11.6. The van der Waals surface area contributed by atoms with Gasteiger partial charge in [0.15, 0.2) is 17.8 Å². The number of hydrogen-bond acceptors (Lipinski definition) is 5. The Labute approximate surface area is 121 Å². The lowest BCUT2D eigenvalue weighted by molar-refractivity contribution is 0.0988. The molecule has 1 amide bonds. The second-order valence-corrected chi connectivity index (χ2v) is 4.51. The van der Waals surface area contributed by atoms with Crippen LogP contribution < -0.4 is 4.90 Å². The molecule has 0 saturated carbocycles. The Morgan fingerprint density at radius 1 is 1.19 bits per heavy atom. The number of hydrogen-bond donors (Lipinski definition) is 0. The minimum Gasteiger partial charge on any atom is -0.461 e. The van der Waals surface area contributed by atoms with Crippen LogP contribution in [0.4, 0.5) is 5.82 Å². The summed E-state index contributed by atoms with van der Waals surface area (Å²) in [5, 5.41) is 0. The molecule has 0 spiro atoms. The molecule has 3 aromatic heterocycles. The van der Waals surface area contributed by atoms with Gasteiger partial charge in [0, 0.05) is 12.7 Å². The van der Waals surface area contributed by atoms with Crippen molar-refractivity contribution in [2.24, 2.45) is 0 Å². The standard InChI is InChI=1S/C15H13N3O3/c1-10-5-3-7-12(17-10)18(2)15(19)13-14(21-9-16-13)11-6-4-8-20-11/h3-9H,1-2H3. The fraction of sp³-hybridized carbons (Fsp3) is 0.133. The van der Waals surface area contributed by atoms with Gasteiger partial charge in [0.2, 0.25) is 5.76 Å². The first kappa shape index (κ1) is 13.1. The average Bonchev–Trinajstić information content (AvgIpc) is 3.16. The molecular formula is C15H13N3O3. The van der Waals surface area contributed by atoms with Crippen molar-refractivity contribution < 1.29 is 13.6 Å². The van der Waals surface area contributed by atoms with Gasteiger partial charge in [-0.1, -0.05) is 6.07 Å². The molecule has 0 saturated heterocycles. The molecule has 3 rings (SSSR count). The summed E-state index contributed by atoms with van der Waals surface area (Å²) in [7, 11) is 1.64. The van der Waals surface area contributed by atoms with E-state index in [9.17, 15) is 4.79 Å². The SMILES string of the molecule is Cc1cccc(N(C)C(=O)c2ncoc2-c2ccco2)n1. The van der Waals surface area contributed by atoms with E-state index >= 15 is 0 Å². The third-order valence-corrected chi connectivity index (χ3v) is 3.04. The third kappa shape index (κ3) is 2.43. The fourth-order valence-corrected chi connectivity index (χ4v) is 1.96. The maximum atomic E-state index is 12.6. The van der Waals surface area contributed by atoms with Crippen molar-refractivity contribution in [1.82, 2.24) is 9.97 Å². The maximum Gasteiger partial charge on any atom is 0.281 e. The van der Waals surface area contributed by atoms with E-state index in [-0.39, 0.29) is 11.6 Å². The zero-order valence-corrected chi connectivity index (χ0v) is 11.6. The highest BCUT2D eigenvalue weighted by molar-refractivity contribution is 6.06. The number of carbonyl (C=O) groups excluding carboxylic acids is 1. The van der Waals surface area contributed by atoms with Gasteiger partial charge in [0.05, 0.1) is 6.26 Å². The van der Waals surface area contributed by atoms with Crippen molar-refractivity contribution in [3.05, 3.63) is 54.4 Å². The molecule has 0 aliphatic rings. The number of anilines is 1. The first-order valence-corrected chi connectivity index (χ1v) is 6.36. The van der Waals surface area contributed by atoms with Crippen LogP contribution in [-0.4, -0.2) is 22.9 Å². The number of nitrogens with zero attached hydrogens (tertiary/aromatic N) is 3. The Morgan fingerprint density at radius 2 is 2.05 bits per heavy atom. The van der Waals surface area contributed by atoms with Crippen LogP contribution in [0.2, 0.25) is 0 Å². The predicted octanol–water partition coefficient (Wildman–Crippen LogP) is 2.91. The summed E-state index contributed by atoms with van der Waals surface area (Å²) >= 11 is 0. The van der Waals surface area contributed by atoms with Gasteiger partial charge in [0.1, 0.15) is 5.82 Å². The molecule has 3 heterocycles. The van der Waals surface area contributed by atoms with Crippen LogP contribution >= 0.6 is 0 Å². The van der Waals surface area contributed by atoms with E-state index < -0.39 is 0 Å². The van der Waals surface area contributed by atoms with Crippen LogP contribution in [0.3, 0.4) is 0 Å². The van der Waals surface area contributed by atoms with Gasteiger partial charge in [-0.2, -0.15) is 0 Å². The third-order valence-electron chi connectivity index (χ3n) is 3.04. The van der Waals surface area contributed by atoms with E-state index in [1.54, 1.807) is 25.2 Å². The van der Waals surface area contributed by atoms with E-state index in [4.69, 9.17) is 8.83 Å². The Balaban J connectivity index is 1.94. The number of aromatic nitrogens is 2. The number of aryl methyl sites for hydroxylation is 1. The van der Waals surface area contributed by atoms with Crippen molar-refractivity contribution in [2.75, 3.05) is 11.9 Å². The quantitative estimate of drug-likeness (QED) is 0.739. The molecule has 0 bridgehead atoms. The van der Waals surface area contributed by atoms with Crippen LogP contribution in [0.25, 0.3) is 11.5 Å². The molecule has 0 aromatic carbocycles. The largest absolute Gasteiger partial charge is 0.461 e. The second-order valence-electron chi connectivity index (χ2n) is 4.51. The van der Waals surface area contributed by atoms with Crippen LogP contribution in [0.15, 0.2) is 51.8 Å². The van der Waals surface area contributed by atoms with Crippen LogP contribution in [0, 0.1) is 6.92 Å². The Hall–Kier alpha value is -2.89. The molecule has 6 heteroatoms. The minimum absolute atomic E-state index is 0.191. The summed E-state index contributed by atoms with van der Waals surface area (Å²) in [4.78, 5) is 22.3. The lowest BCUT2D eigenvalue weighted by atomic mass is 10.2. The van der Waals surface area contributed by atoms with Crippen LogP contribution in [0.1, 0.15) is 16.2 Å². The lowest BCUT2D eigenvalue weighted by Gasteiger charge is -2.15. The molecule has 21 heavy (non-hydrogen) atoms. The topological polar surface area (TPSA) is 72.4 Å². The Morgan fingerprint density at radius 3 is 2.76 bits per heavy atom. The normalized spacial score (nSPS) is 10.6. The fourth-order valence-electron chi connectivity index (χ4n) is 1.96. The van der Waals surface area contributed by atoms with E-state index in [2.05, 4.69) is 9.97 Å². The number of furan rings is 1. The smallest absolute Gasteiger partial charge is 0.281 e. The molecule has 0 N–H and O–H groups in total. The van der Waals surface area contributed by atoms with Crippen LogP contribution in [0.5, 0.6) is 0 Å². The molecule has 0 aliphatic carbocycles. The van der Waals surface area contributed by atoms with Gasteiger partial charge in [-0.3, -0.25) is 9.69 Å². The Kier molecular flexibility index (Phi) is 3.27. The molecule has 0 atom stereocenters. The van der Waals surface area contributed by atoms with E-state index in [1.807, 2.05) is 19.1 Å². The minimum atomic E-state index is -0.312. The summed E-state index contributed by atoms with van der Waals surface area (Å²) < 4.78 is 10.5. The highest BCUT2D eigenvalue weighted by Gasteiger charge is 2.24. The summed E-state index contributed by atoms with van der Waals surface area (Å²) in [6, 6.07) is 8.90. The molecular weight excluding hydrogens is 270 g/mol. The number of oxazole rings is 1. The molecule has 0 radical (unpaired) electrons. The van der Waals surface area contributed by atoms with E-state index in [1.165, 1.54) is 17.6 Å². The second kappa shape index (κ2) is 5.24. The average molecular weight is 283 g/mol.